The van der Waals surface area contributed by atoms with Crippen molar-refractivity contribution in [1.29, 1.82) is 0 Å². The Morgan fingerprint density at radius 1 is 1.04 bits per heavy atom. The zero-order valence-electron chi connectivity index (χ0n) is 14.5. The molecule has 0 spiro atoms. The minimum Gasteiger partial charge on any atom is -0.395 e. The number of carbonyl (C=O) groups is 1. The smallest absolute Gasteiger partial charge is 0.185 e. The van der Waals surface area contributed by atoms with Crippen LogP contribution in [0, 0.1) is 13.8 Å². The number of hydrogen-bond acceptors (Lipinski definition) is 5. The topological polar surface area (TPSA) is 60.8 Å². The number of rotatable bonds is 9. The second kappa shape index (κ2) is 10.0. The van der Waals surface area contributed by atoms with Crippen molar-refractivity contribution in [2.24, 2.45) is 0 Å². The number of aliphatic hydroxyl groups is 2. The van der Waals surface area contributed by atoms with Crippen molar-refractivity contribution in [1.82, 2.24) is 4.31 Å². The molecule has 0 aromatic heterocycles. The molecule has 0 bridgehead atoms. The molecular formula is C19H24NO3PS. The normalized spacial score (nSPS) is 11.6. The van der Waals surface area contributed by atoms with Crippen molar-refractivity contribution in [3.63, 3.8) is 0 Å². The van der Waals surface area contributed by atoms with Crippen molar-refractivity contribution in [2.45, 2.75) is 18.7 Å². The van der Waals surface area contributed by atoms with E-state index in [0.717, 1.165) is 15.8 Å². The first-order valence-corrected chi connectivity index (χ1v) is 9.94. The third-order valence-electron chi connectivity index (χ3n) is 3.69. The summed E-state index contributed by atoms with van der Waals surface area (Å²) in [6.07, 6.45) is 0. The van der Waals surface area contributed by atoms with Crippen LogP contribution >= 0.6 is 20.5 Å². The summed E-state index contributed by atoms with van der Waals surface area (Å²) >= 11 is 1.47. The van der Waals surface area contributed by atoms with Crippen LogP contribution in [0.5, 0.6) is 0 Å². The third-order valence-corrected chi connectivity index (χ3v) is 6.08. The Kier molecular flexibility index (Phi) is 8.07. The molecule has 2 aromatic carbocycles. The molecule has 0 radical (unpaired) electrons. The van der Waals surface area contributed by atoms with E-state index in [4.69, 9.17) is 10.2 Å². The van der Waals surface area contributed by atoms with Crippen molar-refractivity contribution < 1.29 is 15.0 Å². The molecule has 0 aliphatic rings. The number of carbonyl (C=O) groups excluding carboxylic acids is 1. The van der Waals surface area contributed by atoms with Gasteiger partial charge in [-0.2, -0.15) is 0 Å². The molecule has 0 aliphatic carbocycles. The molecule has 2 rings (SSSR count). The highest BCUT2D eigenvalue weighted by molar-refractivity contribution is 7.97. The fourth-order valence-electron chi connectivity index (χ4n) is 2.25. The number of aryl methyl sites for hydroxylation is 2. The van der Waals surface area contributed by atoms with Crippen molar-refractivity contribution in [2.75, 3.05) is 26.3 Å². The van der Waals surface area contributed by atoms with Crippen molar-refractivity contribution in [3.05, 3.63) is 59.2 Å². The van der Waals surface area contributed by atoms with Crippen LogP contribution in [0.1, 0.15) is 21.5 Å². The molecule has 0 heterocycles. The molecule has 4 nitrogen and oxygen atoms in total. The third kappa shape index (κ3) is 6.21. The Hall–Kier alpha value is -1.23. The largest absolute Gasteiger partial charge is 0.395 e. The van der Waals surface area contributed by atoms with Gasteiger partial charge in [0.15, 0.2) is 5.52 Å². The van der Waals surface area contributed by atoms with E-state index in [1.807, 2.05) is 60.6 Å². The summed E-state index contributed by atoms with van der Waals surface area (Å²) in [5.74, 6) is 0. The summed E-state index contributed by atoms with van der Waals surface area (Å²) in [7, 11) is 0.100. The summed E-state index contributed by atoms with van der Waals surface area (Å²) in [5, 5.41) is 19.3. The second-order valence-electron chi connectivity index (χ2n) is 5.77. The average Bonchev–Trinajstić information content (AvgIpc) is 2.59. The highest BCUT2D eigenvalue weighted by atomic mass is 32.2. The lowest BCUT2D eigenvalue weighted by atomic mass is 10.2. The van der Waals surface area contributed by atoms with Crippen LogP contribution in [-0.4, -0.2) is 46.3 Å². The predicted molar refractivity (Wildman–Crippen MR) is 106 cm³/mol. The monoisotopic (exact) mass is 377 g/mol. The van der Waals surface area contributed by atoms with E-state index in [1.54, 1.807) is 0 Å². The van der Waals surface area contributed by atoms with Gasteiger partial charge in [-0.1, -0.05) is 42.0 Å². The minimum absolute atomic E-state index is 0.0273. The molecule has 0 saturated carbocycles. The zero-order chi connectivity index (χ0) is 18.2. The highest BCUT2D eigenvalue weighted by Crippen LogP contribution is 2.29. The molecule has 0 fully saturated rings. The minimum atomic E-state index is 0.0273. The van der Waals surface area contributed by atoms with Gasteiger partial charge >= 0.3 is 0 Å². The fourth-order valence-corrected chi connectivity index (χ4v) is 4.16. The first-order valence-electron chi connectivity index (χ1n) is 8.17. The van der Waals surface area contributed by atoms with Crippen molar-refractivity contribution in [3.8, 4) is 0 Å². The summed E-state index contributed by atoms with van der Waals surface area (Å²) in [6.45, 7) is 5.01. The van der Waals surface area contributed by atoms with Crippen LogP contribution in [0.2, 0.25) is 0 Å². The molecule has 134 valence electrons. The Morgan fingerprint density at radius 2 is 1.68 bits per heavy atom. The average molecular weight is 377 g/mol. The van der Waals surface area contributed by atoms with E-state index in [1.165, 1.54) is 17.5 Å². The van der Waals surface area contributed by atoms with Crippen LogP contribution in [-0.2, 0) is 0 Å². The second-order valence-corrected chi connectivity index (χ2v) is 8.19. The van der Waals surface area contributed by atoms with Crippen LogP contribution in [0.3, 0.4) is 0 Å². The van der Waals surface area contributed by atoms with E-state index < -0.39 is 0 Å². The number of aliphatic hydroxyl groups excluding tert-OH is 2. The summed E-state index contributed by atoms with van der Waals surface area (Å²) in [5.41, 5.74) is 3.06. The van der Waals surface area contributed by atoms with Crippen LogP contribution < -0.4 is 5.30 Å². The molecule has 2 aromatic rings. The van der Waals surface area contributed by atoms with E-state index in [9.17, 15) is 4.79 Å². The molecule has 0 aliphatic heterocycles. The summed E-state index contributed by atoms with van der Waals surface area (Å²) < 4.78 is 1.90. The number of hydrogen-bond donors (Lipinski definition) is 2. The van der Waals surface area contributed by atoms with Gasteiger partial charge in [0.2, 0.25) is 0 Å². The number of benzene rings is 2. The van der Waals surface area contributed by atoms with Gasteiger partial charge in [-0.3, -0.25) is 4.79 Å². The molecule has 25 heavy (non-hydrogen) atoms. The number of nitrogens with zero attached hydrogens (tertiary/aromatic N) is 1. The summed E-state index contributed by atoms with van der Waals surface area (Å²) in [6, 6.07) is 13.8. The highest BCUT2D eigenvalue weighted by Gasteiger charge is 2.13. The van der Waals surface area contributed by atoms with E-state index >= 15 is 0 Å². The maximum absolute atomic E-state index is 12.6. The Morgan fingerprint density at radius 3 is 2.28 bits per heavy atom. The van der Waals surface area contributed by atoms with E-state index in [0.29, 0.717) is 18.7 Å². The van der Waals surface area contributed by atoms with Gasteiger partial charge in [0, 0.05) is 23.5 Å². The van der Waals surface area contributed by atoms with E-state index in [2.05, 4.69) is 0 Å². The van der Waals surface area contributed by atoms with Gasteiger partial charge in [-0.05, 0) is 51.3 Å². The Bertz CT molecular complexity index is 700. The summed E-state index contributed by atoms with van der Waals surface area (Å²) in [4.78, 5) is 13.6. The van der Waals surface area contributed by atoms with Crippen molar-refractivity contribution >= 4 is 31.4 Å². The lowest BCUT2D eigenvalue weighted by molar-refractivity contribution is 0.108. The van der Waals surface area contributed by atoms with Crippen LogP contribution in [0.4, 0.5) is 0 Å². The standard InChI is InChI=1S/C19H24NO3PS/c1-14-3-7-17(8-4-14)24-19(23)16-6-5-15(2)18(13-16)25-20(9-11-21)10-12-22/h3-8,13,21-22,24H,9-12H2,1-2H3. The maximum Gasteiger partial charge on any atom is 0.185 e. The Labute approximate surface area is 155 Å². The van der Waals surface area contributed by atoms with Crippen LogP contribution in [0.25, 0.3) is 0 Å². The SMILES string of the molecule is Cc1ccc(PC(=O)c2ccc(C)c(SN(CCO)CCO)c2)cc1. The maximum atomic E-state index is 12.6. The Balaban J connectivity index is 2.13. The first kappa shape index (κ1) is 20.1. The lowest BCUT2D eigenvalue weighted by Gasteiger charge is -2.20. The molecule has 1 unspecified atom stereocenters. The van der Waals surface area contributed by atoms with Gasteiger partial charge < -0.3 is 10.2 Å². The fraction of sp³-hybridized carbons (Fsp3) is 0.316. The molecule has 1 atom stereocenters. The van der Waals surface area contributed by atoms with Gasteiger partial charge in [0.1, 0.15) is 0 Å². The van der Waals surface area contributed by atoms with Gasteiger partial charge in [0.25, 0.3) is 0 Å². The van der Waals surface area contributed by atoms with Gasteiger partial charge in [0.05, 0.1) is 13.2 Å². The first-order chi connectivity index (χ1) is 12.0. The molecule has 0 saturated heterocycles. The quantitative estimate of drug-likeness (QED) is 0.520. The molecule has 2 N–H and O–H groups in total. The van der Waals surface area contributed by atoms with Crippen LogP contribution in [0.15, 0.2) is 47.4 Å². The van der Waals surface area contributed by atoms with Gasteiger partial charge in [-0.25, -0.2) is 4.31 Å². The molecule has 0 amide bonds. The zero-order valence-corrected chi connectivity index (χ0v) is 16.3. The van der Waals surface area contributed by atoms with Gasteiger partial charge in [-0.15, -0.1) is 0 Å². The lowest BCUT2D eigenvalue weighted by Crippen LogP contribution is -2.23. The predicted octanol–water partition coefficient (Wildman–Crippen LogP) is 2.74. The molecular weight excluding hydrogens is 353 g/mol. The molecule has 6 heteroatoms. The van der Waals surface area contributed by atoms with E-state index in [-0.39, 0.29) is 27.3 Å².